The third-order valence-electron chi connectivity index (χ3n) is 8.65. The molecule has 7 rings (SSSR count). The van der Waals surface area contributed by atoms with Crippen LogP contribution in [0.1, 0.15) is 45.6 Å². The van der Waals surface area contributed by atoms with Crippen LogP contribution in [-0.4, -0.2) is 63.0 Å². The van der Waals surface area contributed by atoms with Gasteiger partial charge in [-0.25, -0.2) is 22.9 Å². The first-order valence-corrected chi connectivity index (χ1v) is 17.1. The first kappa shape index (κ1) is 33.3. The topological polar surface area (TPSA) is 98.7 Å². The van der Waals surface area contributed by atoms with Gasteiger partial charge in [0.2, 0.25) is 5.88 Å². The summed E-state index contributed by atoms with van der Waals surface area (Å²) in [6, 6.07) is 13.3. The maximum Gasteiger partial charge on any atom is 0.413 e. The SMILES string of the molecule is CC(C)(C)OC(=O)Nc1nc2c(-c3c(Cl)cc4c(OCc5ccccc5)nc(OC[C@@]56CCCN5C[C@H](F)C6)nc4c3F)ccc(F)c2s1. The van der Waals surface area contributed by atoms with Gasteiger partial charge in [0.15, 0.2) is 10.9 Å². The molecule has 0 spiro atoms. The normalized spacial score (nSPS) is 19.4. The van der Waals surface area contributed by atoms with Crippen molar-refractivity contribution in [1.29, 1.82) is 0 Å². The van der Waals surface area contributed by atoms with Crippen LogP contribution < -0.4 is 14.8 Å². The van der Waals surface area contributed by atoms with Gasteiger partial charge in [-0.2, -0.15) is 9.97 Å². The molecule has 0 radical (unpaired) electrons. The number of nitrogens with one attached hydrogen (secondary N) is 1. The predicted octanol–water partition coefficient (Wildman–Crippen LogP) is 8.72. The van der Waals surface area contributed by atoms with Crippen molar-refractivity contribution < 1.29 is 32.2 Å². The fraction of sp³-hybridized carbons (Fsp3) is 0.371. The summed E-state index contributed by atoms with van der Waals surface area (Å²) in [6.45, 7) is 6.51. The first-order valence-electron chi connectivity index (χ1n) is 15.9. The van der Waals surface area contributed by atoms with E-state index in [0.29, 0.717) is 13.0 Å². The van der Waals surface area contributed by atoms with Gasteiger partial charge in [0, 0.05) is 24.1 Å². The smallest absolute Gasteiger partial charge is 0.413 e. The fourth-order valence-corrected chi connectivity index (χ4v) is 7.74. The molecule has 2 aliphatic rings. The van der Waals surface area contributed by atoms with Crippen molar-refractivity contribution in [3.8, 4) is 23.0 Å². The highest BCUT2D eigenvalue weighted by molar-refractivity contribution is 7.22. The van der Waals surface area contributed by atoms with E-state index in [-0.39, 0.29) is 67.5 Å². The molecule has 2 aliphatic heterocycles. The van der Waals surface area contributed by atoms with Gasteiger partial charge in [-0.05, 0) is 63.9 Å². The lowest BCUT2D eigenvalue weighted by Crippen LogP contribution is -2.43. The van der Waals surface area contributed by atoms with Crippen LogP contribution in [0.4, 0.5) is 23.1 Å². The Balaban J connectivity index is 1.30. The molecule has 2 fully saturated rings. The molecule has 1 amide bonds. The number of nitrogens with zero attached hydrogens (tertiary/aromatic N) is 4. The third-order valence-corrected chi connectivity index (χ3v) is 9.93. The van der Waals surface area contributed by atoms with Gasteiger partial charge in [0.1, 0.15) is 36.3 Å². The molecule has 2 aromatic heterocycles. The number of rotatable bonds is 8. The molecule has 3 aromatic carbocycles. The molecule has 2 atom stereocenters. The highest BCUT2D eigenvalue weighted by Crippen LogP contribution is 2.44. The Morgan fingerprint density at radius 2 is 1.90 bits per heavy atom. The summed E-state index contributed by atoms with van der Waals surface area (Å²) in [6.07, 6.45) is 0.312. The summed E-state index contributed by atoms with van der Waals surface area (Å²) in [5.74, 6) is -1.39. The maximum atomic E-state index is 16.8. The number of fused-ring (bicyclic) bond motifs is 3. The Bertz CT molecular complexity index is 2060. The van der Waals surface area contributed by atoms with Crippen LogP contribution >= 0.6 is 22.9 Å². The van der Waals surface area contributed by atoms with Crippen LogP contribution in [0, 0.1) is 11.6 Å². The van der Waals surface area contributed by atoms with E-state index in [1.54, 1.807) is 20.8 Å². The minimum atomic E-state index is -0.952. The van der Waals surface area contributed by atoms with Crippen molar-refractivity contribution in [2.24, 2.45) is 0 Å². The van der Waals surface area contributed by atoms with E-state index in [1.807, 2.05) is 30.3 Å². The van der Waals surface area contributed by atoms with E-state index in [9.17, 15) is 9.18 Å². The Morgan fingerprint density at radius 1 is 1.10 bits per heavy atom. The van der Waals surface area contributed by atoms with Crippen molar-refractivity contribution in [1.82, 2.24) is 19.9 Å². The maximum absolute atomic E-state index is 16.8. The second-order valence-corrected chi connectivity index (χ2v) is 14.7. The van der Waals surface area contributed by atoms with Gasteiger partial charge in [-0.1, -0.05) is 53.3 Å². The molecule has 4 heterocycles. The average molecular weight is 712 g/mol. The van der Waals surface area contributed by atoms with Gasteiger partial charge in [-0.3, -0.25) is 10.2 Å². The van der Waals surface area contributed by atoms with Gasteiger partial charge in [0.05, 0.1) is 26.2 Å². The molecule has 2 saturated heterocycles. The van der Waals surface area contributed by atoms with E-state index < -0.39 is 35.0 Å². The minimum Gasteiger partial charge on any atom is -0.472 e. The monoisotopic (exact) mass is 711 g/mol. The molecule has 0 aliphatic carbocycles. The molecule has 0 saturated carbocycles. The molecule has 49 heavy (non-hydrogen) atoms. The highest BCUT2D eigenvalue weighted by atomic mass is 35.5. The van der Waals surface area contributed by atoms with E-state index in [1.165, 1.54) is 18.2 Å². The number of carbonyl (C=O) groups is 1. The van der Waals surface area contributed by atoms with Gasteiger partial charge in [-0.15, -0.1) is 0 Å². The Hall–Kier alpha value is -4.20. The minimum absolute atomic E-state index is 0.0187. The summed E-state index contributed by atoms with van der Waals surface area (Å²) in [5.41, 5.74) is -0.343. The molecule has 0 bridgehead atoms. The van der Waals surface area contributed by atoms with E-state index in [2.05, 4.69) is 25.2 Å². The van der Waals surface area contributed by atoms with Crippen molar-refractivity contribution in [2.45, 2.75) is 64.0 Å². The summed E-state index contributed by atoms with van der Waals surface area (Å²) in [7, 11) is 0. The standard InChI is InChI=1S/C35H33ClF3N5O4S/c1-34(2,3)48-33(45)43-32-41-28-21(10-11-24(38)29(28)49-32)25-23(36)14-22-27(26(25)39)40-31(42-30(22)46-17-19-8-5-4-6-9-19)47-18-35-12-7-13-44(35)16-20(37)15-35/h4-6,8-11,14,20H,7,12-13,15-18H2,1-3H3,(H,41,43,45)/t20-,35+/m1/s1. The summed E-state index contributed by atoms with van der Waals surface area (Å²) >= 11 is 7.64. The van der Waals surface area contributed by atoms with E-state index in [4.69, 9.17) is 25.8 Å². The second-order valence-electron chi connectivity index (χ2n) is 13.3. The lowest BCUT2D eigenvalue weighted by molar-refractivity contribution is 0.0636. The number of benzene rings is 3. The molecule has 0 unspecified atom stereocenters. The Kier molecular flexibility index (Phi) is 8.78. The zero-order valence-electron chi connectivity index (χ0n) is 27.0. The molecule has 14 heteroatoms. The molecule has 5 aromatic rings. The van der Waals surface area contributed by atoms with Crippen molar-refractivity contribution >= 4 is 55.3 Å². The lowest BCUT2D eigenvalue weighted by atomic mass is 9.95. The van der Waals surface area contributed by atoms with Gasteiger partial charge in [0.25, 0.3) is 0 Å². The van der Waals surface area contributed by atoms with Gasteiger partial charge >= 0.3 is 12.1 Å². The Labute approximate surface area is 289 Å². The number of amides is 1. The Morgan fingerprint density at radius 3 is 2.67 bits per heavy atom. The zero-order chi connectivity index (χ0) is 34.5. The second kappa shape index (κ2) is 12.9. The molecule has 9 nitrogen and oxygen atoms in total. The number of hydrogen-bond donors (Lipinski definition) is 1. The van der Waals surface area contributed by atoms with Gasteiger partial charge < -0.3 is 14.2 Å². The summed E-state index contributed by atoms with van der Waals surface area (Å²) < 4.78 is 63.9. The third kappa shape index (κ3) is 6.71. The largest absolute Gasteiger partial charge is 0.472 e. The van der Waals surface area contributed by atoms with E-state index >= 15 is 8.78 Å². The van der Waals surface area contributed by atoms with Crippen molar-refractivity contribution in [3.05, 3.63) is 70.8 Å². The van der Waals surface area contributed by atoms with E-state index in [0.717, 1.165) is 36.3 Å². The average Bonchev–Trinajstić information content (AvgIpc) is 3.72. The van der Waals surface area contributed by atoms with Crippen LogP contribution in [0.3, 0.4) is 0 Å². The zero-order valence-corrected chi connectivity index (χ0v) is 28.6. The molecular formula is C35H33ClF3N5O4S. The quantitative estimate of drug-likeness (QED) is 0.171. The van der Waals surface area contributed by atoms with Crippen LogP contribution in [0.15, 0.2) is 48.5 Å². The number of alkyl halides is 1. The van der Waals surface area contributed by atoms with Crippen molar-refractivity contribution in [2.75, 3.05) is 25.0 Å². The van der Waals surface area contributed by atoms with Crippen LogP contribution in [-0.2, 0) is 11.3 Å². The molecule has 1 N–H and O–H groups in total. The number of thiazole rings is 1. The number of hydrogen-bond acceptors (Lipinski definition) is 9. The molecular weight excluding hydrogens is 679 g/mol. The number of ether oxygens (including phenoxy) is 3. The lowest BCUT2D eigenvalue weighted by Gasteiger charge is -2.30. The fourth-order valence-electron chi connectivity index (χ4n) is 6.57. The molecule has 256 valence electrons. The highest BCUT2D eigenvalue weighted by Gasteiger charge is 2.49. The summed E-state index contributed by atoms with van der Waals surface area (Å²) in [4.78, 5) is 27.9. The number of aromatic nitrogens is 3. The summed E-state index contributed by atoms with van der Waals surface area (Å²) in [5, 5.41) is 2.76. The predicted molar refractivity (Wildman–Crippen MR) is 182 cm³/mol. The number of halogens is 4. The number of carbonyl (C=O) groups excluding carboxylic acids is 1. The van der Waals surface area contributed by atoms with Crippen molar-refractivity contribution in [3.63, 3.8) is 0 Å². The van der Waals surface area contributed by atoms with Crippen LogP contribution in [0.2, 0.25) is 5.02 Å². The van der Waals surface area contributed by atoms with Crippen LogP contribution in [0.25, 0.3) is 32.2 Å². The first-order chi connectivity index (χ1) is 23.4. The number of anilines is 1. The van der Waals surface area contributed by atoms with Crippen LogP contribution in [0.5, 0.6) is 11.9 Å².